The first kappa shape index (κ1) is 20.4. The Hall–Kier alpha value is -1.36. The van der Waals surface area contributed by atoms with Gasteiger partial charge in [-0.15, -0.1) is 13.2 Å². The maximum Gasteiger partial charge on any atom is 0.573 e. The Morgan fingerprint density at radius 2 is 1.96 bits per heavy atom. The van der Waals surface area contributed by atoms with Gasteiger partial charge in [0.1, 0.15) is 5.75 Å². The Balaban J connectivity index is 1.66. The molecular formula is C17H23F3N2O4S. The van der Waals surface area contributed by atoms with E-state index < -0.39 is 22.1 Å². The molecule has 0 saturated carbocycles. The van der Waals surface area contributed by atoms with Gasteiger partial charge in [-0.05, 0) is 37.9 Å². The van der Waals surface area contributed by atoms with Gasteiger partial charge in [0.15, 0.2) is 0 Å². The van der Waals surface area contributed by atoms with Crippen molar-refractivity contribution in [1.29, 1.82) is 0 Å². The quantitative estimate of drug-likeness (QED) is 0.749. The van der Waals surface area contributed by atoms with E-state index in [1.165, 1.54) is 16.4 Å². The first-order valence-electron chi connectivity index (χ1n) is 8.94. The fraction of sp³-hybridized carbons (Fsp3) is 0.647. The SMILES string of the molecule is O=S(=O)(c1cccc(OC(F)(F)F)c1)N1CCCN(CC2CCCO2)CC1. The Kier molecular flexibility index (Phi) is 6.29. The van der Waals surface area contributed by atoms with Crippen molar-refractivity contribution in [3.05, 3.63) is 24.3 Å². The fourth-order valence-electron chi connectivity index (χ4n) is 3.43. The molecule has 0 amide bonds. The van der Waals surface area contributed by atoms with Gasteiger partial charge in [0.25, 0.3) is 0 Å². The fourth-order valence-corrected chi connectivity index (χ4v) is 4.93. The number of hydrogen-bond acceptors (Lipinski definition) is 5. The molecule has 3 rings (SSSR count). The van der Waals surface area contributed by atoms with E-state index in [9.17, 15) is 21.6 Å². The number of ether oxygens (including phenoxy) is 2. The van der Waals surface area contributed by atoms with Crippen LogP contribution in [-0.2, 0) is 14.8 Å². The number of halogens is 3. The molecule has 0 spiro atoms. The Bertz CT molecular complexity index is 736. The van der Waals surface area contributed by atoms with E-state index in [0.29, 0.717) is 26.1 Å². The minimum atomic E-state index is -4.87. The van der Waals surface area contributed by atoms with Crippen molar-refractivity contribution in [2.24, 2.45) is 0 Å². The molecule has 10 heteroatoms. The lowest BCUT2D eigenvalue weighted by Gasteiger charge is -2.24. The Labute approximate surface area is 156 Å². The maximum atomic E-state index is 12.9. The molecule has 0 N–H and O–H groups in total. The smallest absolute Gasteiger partial charge is 0.406 e. The van der Waals surface area contributed by atoms with Crippen LogP contribution in [0.15, 0.2) is 29.2 Å². The summed E-state index contributed by atoms with van der Waals surface area (Å²) in [6.07, 6.45) is -1.94. The topological polar surface area (TPSA) is 59.1 Å². The normalized spacial score (nSPS) is 23.3. The highest BCUT2D eigenvalue weighted by Gasteiger charge is 2.32. The number of rotatable bonds is 5. The molecule has 27 heavy (non-hydrogen) atoms. The van der Waals surface area contributed by atoms with Crippen LogP contribution in [0.25, 0.3) is 0 Å². The van der Waals surface area contributed by atoms with Gasteiger partial charge in [-0.3, -0.25) is 4.90 Å². The maximum absolute atomic E-state index is 12.9. The Morgan fingerprint density at radius 3 is 2.67 bits per heavy atom. The predicted octanol–water partition coefficient (Wildman–Crippen LogP) is 2.46. The summed E-state index contributed by atoms with van der Waals surface area (Å²) in [5.74, 6) is -0.543. The second-order valence-corrected chi connectivity index (χ2v) is 8.65. The third-order valence-electron chi connectivity index (χ3n) is 4.71. The van der Waals surface area contributed by atoms with E-state index in [1.807, 2.05) is 0 Å². The number of benzene rings is 1. The van der Waals surface area contributed by atoms with Gasteiger partial charge in [0, 0.05) is 38.9 Å². The molecular weight excluding hydrogens is 385 g/mol. The van der Waals surface area contributed by atoms with Crippen LogP contribution >= 0.6 is 0 Å². The highest BCUT2D eigenvalue weighted by Crippen LogP contribution is 2.27. The molecule has 2 aliphatic rings. The van der Waals surface area contributed by atoms with Crippen molar-refractivity contribution < 1.29 is 31.1 Å². The zero-order valence-electron chi connectivity index (χ0n) is 14.8. The van der Waals surface area contributed by atoms with Crippen molar-refractivity contribution in [3.63, 3.8) is 0 Å². The molecule has 1 atom stereocenters. The summed E-state index contributed by atoms with van der Waals surface area (Å²) < 4.78 is 73.7. The molecule has 6 nitrogen and oxygen atoms in total. The molecule has 0 aromatic heterocycles. The molecule has 0 bridgehead atoms. The standard InChI is InChI=1S/C17H23F3N2O4S/c18-17(19,20)26-14-4-1-6-16(12-14)27(23,24)22-8-3-7-21(9-10-22)13-15-5-2-11-25-15/h1,4,6,12,15H,2-3,5,7-11,13H2. The second kappa shape index (κ2) is 8.34. The van der Waals surface area contributed by atoms with Crippen LogP contribution < -0.4 is 4.74 Å². The highest BCUT2D eigenvalue weighted by molar-refractivity contribution is 7.89. The van der Waals surface area contributed by atoms with E-state index in [0.717, 1.165) is 44.7 Å². The minimum absolute atomic E-state index is 0.197. The third-order valence-corrected chi connectivity index (χ3v) is 6.60. The van der Waals surface area contributed by atoms with E-state index in [-0.39, 0.29) is 11.0 Å². The second-order valence-electron chi connectivity index (χ2n) is 6.72. The molecule has 1 unspecified atom stereocenters. The zero-order valence-corrected chi connectivity index (χ0v) is 15.6. The van der Waals surface area contributed by atoms with Crippen molar-refractivity contribution in [2.45, 2.75) is 36.6 Å². The van der Waals surface area contributed by atoms with Gasteiger partial charge in [-0.25, -0.2) is 8.42 Å². The van der Waals surface area contributed by atoms with Crippen LogP contribution in [0.2, 0.25) is 0 Å². The van der Waals surface area contributed by atoms with Crippen molar-refractivity contribution >= 4 is 10.0 Å². The number of alkyl halides is 3. The van der Waals surface area contributed by atoms with E-state index >= 15 is 0 Å². The molecule has 1 aromatic carbocycles. The predicted molar refractivity (Wildman–Crippen MR) is 91.9 cm³/mol. The summed E-state index contributed by atoms with van der Waals surface area (Å²) in [4.78, 5) is 1.99. The lowest BCUT2D eigenvalue weighted by atomic mass is 10.2. The lowest BCUT2D eigenvalue weighted by Crippen LogP contribution is -2.37. The van der Waals surface area contributed by atoms with Crippen LogP contribution in [0.1, 0.15) is 19.3 Å². The molecule has 1 aromatic rings. The summed E-state index contributed by atoms with van der Waals surface area (Å²) >= 11 is 0. The number of sulfonamides is 1. The van der Waals surface area contributed by atoms with Gasteiger partial charge in [-0.2, -0.15) is 4.31 Å². The van der Waals surface area contributed by atoms with Crippen LogP contribution in [0, 0.1) is 0 Å². The third kappa shape index (κ3) is 5.56. The van der Waals surface area contributed by atoms with E-state index in [1.54, 1.807) is 0 Å². The molecule has 152 valence electrons. The van der Waals surface area contributed by atoms with Crippen molar-refractivity contribution in [2.75, 3.05) is 39.3 Å². The van der Waals surface area contributed by atoms with Gasteiger partial charge < -0.3 is 9.47 Å². The minimum Gasteiger partial charge on any atom is -0.406 e. The van der Waals surface area contributed by atoms with Crippen LogP contribution in [-0.4, -0.2) is 69.4 Å². The highest BCUT2D eigenvalue weighted by atomic mass is 32.2. The summed E-state index contributed by atoms with van der Waals surface area (Å²) in [5.41, 5.74) is 0. The first-order valence-corrected chi connectivity index (χ1v) is 10.4. The van der Waals surface area contributed by atoms with Crippen LogP contribution in [0.3, 0.4) is 0 Å². The lowest BCUT2D eigenvalue weighted by molar-refractivity contribution is -0.274. The van der Waals surface area contributed by atoms with Crippen molar-refractivity contribution in [3.8, 4) is 5.75 Å². The average Bonchev–Trinajstić information content (AvgIpc) is 2.97. The zero-order chi connectivity index (χ0) is 19.5. The van der Waals surface area contributed by atoms with Gasteiger partial charge >= 0.3 is 6.36 Å². The van der Waals surface area contributed by atoms with E-state index in [2.05, 4.69) is 9.64 Å². The molecule has 2 saturated heterocycles. The summed E-state index contributed by atoms with van der Waals surface area (Å²) in [7, 11) is -3.89. The summed E-state index contributed by atoms with van der Waals surface area (Å²) in [5, 5.41) is 0. The molecule has 0 radical (unpaired) electrons. The van der Waals surface area contributed by atoms with E-state index in [4.69, 9.17) is 4.74 Å². The van der Waals surface area contributed by atoms with Gasteiger partial charge in [-0.1, -0.05) is 6.07 Å². The Morgan fingerprint density at radius 1 is 1.15 bits per heavy atom. The molecule has 2 heterocycles. The number of hydrogen-bond donors (Lipinski definition) is 0. The molecule has 2 fully saturated rings. The van der Waals surface area contributed by atoms with Crippen LogP contribution in [0.5, 0.6) is 5.75 Å². The van der Waals surface area contributed by atoms with Gasteiger partial charge in [0.05, 0.1) is 11.0 Å². The first-order chi connectivity index (χ1) is 12.7. The molecule has 0 aliphatic carbocycles. The monoisotopic (exact) mass is 408 g/mol. The molecule has 2 aliphatic heterocycles. The van der Waals surface area contributed by atoms with Crippen LogP contribution in [0.4, 0.5) is 13.2 Å². The largest absolute Gasteiger partial charge is 0.573 e. The van der Waals surface area contributed by atoms with Crippen molar-refractivity contribution in [1.82, 2.24) is 9.21 Å². The number of nitrogens with zero attached hydrogens (tertiary/aromatic N) is 2. The summed E-state index contributed by atoms with van der Waals surface area (Å²) in [6, 6.07) is 4.53. The summed E-state index contributed by atoms with van der Waals surface area (Å²) in [6.45, 7) is 3.51. The average molecular weight is 408 g/mol. The van der Waals surface area contributed by atoms with Gasteiger partial charge in [0.2, 0.25) is 10.0 Å².